The molecule has 1 saturated heterocycles. The summed E-state index contributed by atoms with van der Waals surface area (Å²) in [6.45, 7) is 0.146. The van der Waals surface area contributed by atoms with Crippen LogP contribution in [0.25, 0.3) is 0 Å². The smallest absolute Gasteiger partial charge is 0.395 e. The number of urea groups is 1. The van der Waals surface area contributed by atoms with Gasteiger partial charge < -0.3 is 20.1 Å². The molecule has 0 radical (unpaired) electrons. The van der Waals surface area contributed by atoms with Crippen LogP contribution in [0.5, 0.6) is 11.5 Å². The van der Waals surface area contributed by atoms with Gasteiger partial charge in [-0.05, 0) is 31.4 Å². The Morgan fingerprint density at radius 2 is 1.89 bits per heavy atom. The third-order valence-electron chi connectivity index (χ3n) is 5.17. The van der Waals surface area contributed by atoms with Gasteiger partial charge in [-0.25, -0.2) is 4.79 Å². The Morgan fingerprint density at radius 1 is 1.18 bits per heavy atom. The highest BCUT2D eigenvalue weighted by molar-refractivity contribution is 6.07. The Bertz CT molecular complexity index is 839. The summed E-state index contributed by atoms with van der Waals surface area (Å²) < 4.78 is 34.7. The van der Waals surface area contributed by atoms with Crippen LogP contribution in [0, 0.1) is 0 Å². The molecule has 3 aliphatic rings. The summed E-state index contributed by atoms with van der Waals surface area (Å²) in [5, 5.41) is 5.36. The number of amides is 4. The molecule has 2 N–H and O–H groups in total. The number of nitrogens with zero attached hydrogens (tertiary/aromatic N) is 1. The second kappa shape index (κ2) is 6.61. The number of nitrogens with one attached hydrogen (secondary N) is 2. The minimum atomic E-state index is -3.72. The van der Waals surface area contributed by atoms with E-state index < -0.39 is 17.9 Å². The Morgan fingerprint density at radius 3 is 2.64 bits per heavy atom. The molecule has 4 amide bonds. The summed E-state index contributed by atoms with van der Waals surface area (Å²) in [5.74, 6) is -0.855. The molecule has 2 heterocycles. The fourth-order valence-corrected chi connectivity index (χ4v) is 3.84. The van der Waals surface area contributed by atoms with Crippen LogP contribution in [-0.2, 0) is 9.59 Å². The van der Waals surface area contributed by atoms with Crippen molar-refractivity contribution >= 4 is 23.5 Å². The summed E-state index contributed by atoms with van der Waals surface area (Å²) in [6.07, 6.45) is -0.244. The number of alkyl halides is 2. The molecule has 1 aromatic rings. The third-order valence-corrected chi connectivity index (χ3v) is 5.17. The Balaban J connectivity index is 1.28. The molecule has 1 saturated carbocycles. The summed E-state index contributed by atoms with van der Waals surface area (Å²) in [5.41, 5.74) is -0.474. The molecular weight excluding hydrogens is 376 g/mol. The van der Waals surface area contributed by atoms with E-state index in [-0.39, 0.29) is 42.0 Å². The van der Waals surface area contributed by atoms with Gasteiger partial charge in [-0.3, -0.25) is 14.5 Å². The van der Waals surface area contributed by atoms with Crippen molar-refractivity contribution in [3.63, 3.8) is 0 Å². The van der Waals surface area contributed by atoms with Crippen molar-refractivity contribution in [1.29, 1.82) is 0 Å². The lowest BCUT2D eigenvalue weighted by Crippen LogP contribution is -2.44. The zero-order valence-electron chi connectivity index (χ0n) is 14.9. The molecule has 2 aliphatic heterocycles. The molecule has 10 heteroatoms. The number of hydrogen-bond acceptors (Lipinski definition) is 5. The van der Waals surface area contributed by atoms with Gasteiger partial charge in [0.05, 0.1) is 0 Å². The van der Waals surface area contributed by atoms with Gasteiger partial charge in [0.2, 0.25) is 5.91 Å². The van der Waals surface area contributed by atoms with Crippen LogP contribution in [0.4, 0.5) is 19.3 Å². The van der Waals surface area contributed by atoms with E-state index in [1.54, 1.807) is 0 Å². The SMILES string of the molecule is O=C(CCCN1C(=O)NC2(CCCC2)C1=O)Nc1ccc2c(c1)OC(F)(F)O2. The minimum Gasteiger partial charge on any atom is -0.395 e. The summed E-state index contributed by atoms with van der Waals surface area (Å²) in [4.78, 5) is 37.9. The number of anilines is 1. The maximum Gasteiger partial charge on any atom is 0.586 e. The average molecular weight is 395 g/mol. The van der Waals surface area contributed by atoms with Crippen LogP contribution in [-0.4, -0.2) is 41.1 Å². The zero-order chi connectivity index (χ0) is 19.9. The Kier molecular flexibility index (Phi) is 4.35. The summed E-state index contributed by atoms with van der Waals surface area (Å²) in [6, 6.07) is 3.53. The molecule has 4 rings (SSSR count). The Labute approximate surface area is 159 Å². The molecular formula is C18H19F2N3O5. The van der Waals surface area contributed by atoms with E-state index in [2.05, 4.69) is 20.1 Å². The monoisotopic (exact) mass is 395 g/mol. The van der Waals surface area contributed by atoms with Gasteiger partial charge in [-0.1, -0.05) is 12.8 Å². The molecule has 0 aromatic heterocycles. The van der Waals surface area contributed by atoms with Crippen molar-refractivity contribution in [3.8, 4) is 11.5 Å². The van der Waals surface area contributed by atoms with Gasteiger partial charge in [-0.2, -0.15) is 0 Å². The van der Waals surface area contributed by atoms with Gasteiger partial charge in [0.25, 0.3) is 5.91 Å². The first kappa shape index (κ1) is 18.5. The predicted octanol–water partition coefficient (Wildman–Crippen LogP) is 2.59. The first-order valence-electron chi connectivity index (χ1n) is 9.12. The first-order valence-corrected chi connectivity index (χ1v) is 9.12. The molecule has 0 unspecified atom stereocenters. The zero-order valence-corrected chi connectivity index (χ0v) is 14.9. The van der Waals surface area contributed by atoms with Crippen LogP contribution in [0.3, 0.4) is 0 Å². The number of halogens is 2. The maximum atomic E-state index is 13.0. The number of carbonyl (C=O) groups is 3. The van der Waals surface area contributed by atoms with Crippen LogP contribution in [0.1, 0.15) is 38.5 Å². The van der Waals surface area contributed by atoms with Gasteiger partial charge in [0.15, 0.2) is 11.5 Å². The van der Waals surface area contributed by atoms with Crippen LogP contribution in [0.2, 0.25) is 0 Å². The van der Waals surface area contributed by atoms with E-state index in [4.69, 9.17) is 0 Å². The molecule has 150 valence electrons. The normalized spacial score (nSPS) is 21.3. The second-order valence-electron chi connectivity index (χ2n) is 7.16. The fourth-order valence-electron chi connectivity index (χ4n) is 3.84. The molecule has 8 nitrogen and oxygen atoms in total. The van der Waals surface area contributed by atoms with Crippen LogP contribution >= 0.6 is 0 Å². The van der Waals surface area contributed by atoms with Gasteiger partial charge in [0, 0.05) is 24.7 Å². The lowest BCUT2D eigenvalue weighted by molar-refractivity contribution is -0.286. The highest BCUT2D eigenvalue weighted by Crippen LogP contribution is 2.42. The van der Waals surface area contributed by atoms with E-state index >= 15 is 0 Å². The van der Waals surface area contributed by atoms with Gasteiger partial charge >= 0.3 is 12.3 Å². The van der Waals surface area contributed by atoms with E-state index in [9.17, 15) is 23.2 Å². The molecule has 0 atom stereocenters. The van der Waals surface area contributed by atoms with Crippen molar-refractivity contribution < 1.29 is 32.6 Å². The van der Waals surface area contributed by atoms with E-state index in [1.165, 1.54) is 23.1 Å². The van der Waals surface area contributed by atoms with Crippen molar-refractivity contribution in [2.45, 2.75) is 50.4 Å². The minimum absolute atomic E-state index is 0.0641. The van der Waals surface area contributed by atoms with E-state index in [0.29, 0.717) is 19.3 Å². The molecule has 0 bridgehead atoms. The van der Waals surface area contributed by atoms with E-state index in [1.807, 2.05) is 0 Å². The van der Waals surface area contributed by atoms with Crippen molar-refractivity contribution in [2.24, 2.45) is 0 Å². The highest BCUT2D eigenvalue weighted by Gasteiger charge is 2.52. The number of carbonyl (C=O) groups excluding carboxylic acids is 3. The molecule has 1 spiro atoms. The van der Waals surface area contributed by atoms with Crippen LogP contribution < -0.4 is 20.1 Å². The molecule has 2 fully saturated rings. The largest absolute Gasteiger partial charge is 0.586 e. The quantitative estimate of drug-likeness (QED) is 0.747. The number of rotatable bonds is 5. The van der Waals surface area contributed by atoms with Crippen molar-refractivity contribution in [2.75, 3.05) is 11.9 Å². The maximum absolute atomic E-state index is 13.0. The fraction of sp³-hybridized carbons (Fsp3) is 0.500. The lowest BCUT2D eigenvalue weighted by atomic mass is 9.98. The number of ether oxygens (including phenoxy) is 2. The number of fused-ring (bicyclic) bond motifs is 1. The average Bonchev–Trinajstić information content (AvgIpc) is 3.26. The van der Waals surface area contributed by atoms with Crippen molar-refractivity contribution in [3.05, 3.63) is 18.2 Å². The first-order chi connectivity index (χ1) is 13.3. The highest BCUT2D eigenvalue weighted by atomic mass is 19.3. The number of benzene rings is 1. The van der Waals surface area contributed by atoms with Crippen molar-refractivity contribution in [1.82, 2.24) is 10.2 Å². The standard InChI is InChI=1S/C18H19F2N3O5/c19-18(20)27-12-6-5-11(10-13(12)28-18)21-14(24)4-3-9-23-15(25)17(22-16(23)26)7-1-2-8-17/h5-6,10H,1-4,7-9H2,(H,21,24)(H,22,26). The third kappa shape index (κ3) is 3.34. The molecule has 1 aromatic carbocycles. The summed E-state index contributed by atoms with van der Waals surface area (Å²) >= 11 is 0. The molecule has 28 heavy (non-hydrogen) atoms. The van der Waals surface area contributed by atoms with E-state index in [0.717, 1.165) is 12.8 Å². The lowest BCUT2D eigenvalue weighted by Gasteiger charge is -2.19. The predicted molar refractivity (Wildman–Crippen MR) is 92.0 cm³/mol. The number of imide groups is 1. The topological polar surface area (TPSA) is 97.0 Å². The van der Waals surface area contributed by atoms with Crippen LogP contribution in [0.15, 0.2) is 18.2 Å². The van der Waals surface area contributed by atoms with Gasteiger partial charge in [-0.15, -0.1) is 8.78 Å². The second-order valence-corrected chi connectivity index (χ2v) is 7.16. The van der Waals surface area contributed by atoms with Gasteiger partial charge in [0.1, 0.15) is 5.54 Å². The number of hydrogen-bond donors (Lipinski definition) is 2. The summed E-state index contributed by atoms with van der Waals surface area (Å²) in [7, 11) is 0. The Hall–Kier alpha value is -2.91. The molecule has 1 aliphatic carbocycles.